The first-order valence-corrected chi connectivity index (χ1v) is 8.35. The van der Waals surface area contributed by atoms with E-state index in [1.807, 2.05) is 6.07 Å². The van der Waals surface area contributed by atoms with Gasteiger partial charge in [-0.3, -0.25) is 14.4 Å². The minimum atomic E-state index is -0.595. The van der Waals surface area contributed by atoms with Crippen molar-refractivity contribution in [1.82, 2.24) is 5.32 Å². The van der Waals surface area contributed by atoms with Crippen molar-refractivity contribution in [3.8, 4) is 0 Å². The average molecular weight is 375 g/mol. The molecule has 7 heteroatoms. The van der Waals surface area contributed by atoms with Gasteiger partial charge in [-0.15, -0.1) is 0 Å². The van der Waals surface area contributed by atoms with Crippen LogP contribution in [-0.4, -0.2) is 24.4 Å². The van der Waals surface area contributed by atoms with Crippen LogP contribution in [0.15, 0.2) is 54.6 Å². The van der Waals surface area contributed by atoms with E-state index in [-0.39, 0.29) is 12.3 Å². The van der Waals surface area contributed by atoms with E-state index in [1.54, 1.807) is 48.5 Å². The third-order valence-corrected chi connectivity index (χ3v) is 3.69. The van der Waals surface area contributed by atoms with Crippen LogP contribution in [0, 0.1) is 0 Å². The largest absolute Gasteiger partial charge is 0.455 e. The molecule has 2 N–H and O–H groups in total. The van der Waals surface area contributed by atoms with Crippen LogP contribution in [0.4, 0.5) is 5.69 Å². The molecule has 0 saturated heterocycles. The first-order valence-electron chi connectivity index (χ1n) is 7.97. The Kier molecular flexibility index (Phi) is 7.17. The van der Waals surface area contributed by atoms with Crippen LogP contribution < -0.4 is 10.6 Å². The number of halogens is 1. The van der Waals surface area contributed by atoms with Crippen LogP contribution in [-0.2, 0) is 19.1 Å². The molecule has 0 aliphatic heterocycles. The quantitative estimate of drug-likeness (QED) is 0.729. The van der Waals surface area contributed by atoms with Crippen LogP contribution >= 0.6 is 11.6 Å². The lowest BCUT2D eigenvalue weighted by atomic mass is 10.0. The molecule has 0 heterocycles. The molecule has 0 bridgehead atoms. The van der Waals surface area contributed by atoms with Gasteiger partial charge >= 0.3 is 5.97 Å². The number of benzene rings is 2. The second kappa shape index (κ2) is 9.58. The molecule has 0 fully saturated rings. The van der Waals surface area contributed by atoms with Gasteiger partial charge < -0.3 is 15.4 Å². The third-order valence-electron chi connectivity index (χ3n) is 3.44. The molecule has 6 nitrogen and oxygen atoms in total. The minimum absolute atomic E-state index is 0.0974. The zero-order chi connectivity index (χ0) is 18.9. The Bertz CT molecular complexity index is 763. The van der Waals surface area contributed by atoms with Gasteiger partial charge in [0.15, 0.2) is 6.61 Å². The molecule has 0 aliphatic rings. The molecule has 0 aliphatic carbocycles. The zero-order valence-corrected chi connectivity index (χ0v) is 15.0. The molecule has 2 amide bonds. The Morgan fingerprint density at radius 3 is 2.31 bits per heavy atom. The number of ether oxygens (including phenoxy) is 1. The summed E-state index contributed by atoms with van der Waals surface area (Å²) in [5.41, 5.74) is 1.33. The maximum Gasteiger partial charge on any atom is 0.308 e. The SMILES string of the molecule is CC(=O)NC(CC(=O)OCC(=O)Nc1ccccc1)c1ccc(Cl)cc1. The molecule has 26 heavy (non-hydrogen) atoms. The standard InChI is InChI=1S/C19H19ClN2O4/c1-13(23)21-17(14-7-9-15(20)10-8-14)11-19(25)26-12-18(24)22-16-5-3-2-4-6-16/h2-10,17H,11-12H2,1H3,(H,21,23)(H,22,24). The van der Waals surface area contributed by atoms with Gasteiger partial charge in [0.25, 0.3) is 5.91 Å². The highest BCUT2D eigenvalue weighted by atomic mass is 35.5. The summed E-state index contributed by atoms with van der Waals surface area (Å²) in [4.78, 5) is 35.3. The summed E-state index contributed by atoms with van der Waals surface area (Å²) in [5, 5.41) is 5.86. The minimum Gasteiger partial charge on any atom is -0.455 e. The number of para-hydroxylation sites is 1. The van der Waals surface area contributed by atoms with Gasteiger partial charge in [0, 0.05) is 17.6 Å². The maximum absolute atomic E-state index is 12.1. The molecular weight excluding hydrogens is 356 g/mol. The molecule has 0 spiro atoms. The molecule has 2 aromatic carbocycles. The van der Waals surface area contributed by atoms with Crippen molar-refractivity contribution in [3.63, 3.8) is 0 Å². The molecule has 0 saturated carbocycles. The van der Waals surface area contributed by atoms with Gasteiger partial charge in [0.05, 0.1) is 12.5 Å². The van der Waals surface area contributed by atoms with Crippen molar-refractivity contribution in [2.45, 2.75) is 19.4 Å². The highest BCUT2D eigenvalue weighted by Gasteiger charge is 2.19. The number of nitrogens with one attached hydrogen (secondary N) is 2. The van der Waals surface area contributed by atoms with Gasteiger partial charge in [-0.05, 0) is 29.8 Å². The van der Waals surface area contributed by atoms with Crippen molar-refractivity contribution in [2.75, 3.05) is 11.9 Å². The zero-order valence-electron chi connectivity index (χ0n) is 14.2. The van der Waals surface area contributed by atoms with Gasteiger partial charge in [0.2, 0.25) is 5.91 Å². The molecule has 2 rings (SSSR count). The van der Waals surface area contributed by atoms with Crippen molar-refractivity contribution < 1.29 is 19.1 Å². The number of carbonyl (C=O) groups is 3. The van der Waals surface area contributed by atoms with Gasteiger partial charge in [-0.1, -0.05) is 41.9 Å². The molecule has 1 atom stereocenters. The van der Waals surface area contributed by atoms with E-state index in [0.29, 0.717) is 10.7 Å². The Morgan fingerprint density at radius 1 is 1.04 bits per heavy atom. The van der Waals surface area contributed by atoms with Crippen LogP contribution in [0.1, 0.15) is 24.9 Å². The van der Waals surface area contributed by atoms with Crippen molar-refractivity contribution in [1.29, 1.82) is 0 Å². The second-order valence-electron chi connectivity index (χ2n) is 5.58. The van der Waals surface area contributed by atoms with Gasteiger partial charge in [0.1, 0.15) is 0 Å². The van der Waals surface area contributed by atoms with Crippen LogP contribution in [0.5, 0.6) is 0 Å². The Morgan fingerprint density at radius 2 is 1.69 bits per heavy atom. The average Bonchev–Trinajstić information content (AvgIpc) is 2.60. The lowest BCUT2D eigenvalue weighted by molar-refractivity contribution is -0.148. The molecular formula is C19H19ClN2O4. The number of amides is 2. The monoisotopic (exact) mass is 374 g/mol. The van der Waals surface area contributed by atoms with E-state index in [0.717, 1.165) is 5.56 Å². The molecule has 0 radical (unpaired) electrons. The van der Waals surface area contributed by atoms with Crippen LogP contribution in [0.3, 0.4) is 0 Å². The Hall–Kier alpha value is -2.86. The number of carbonyl (C=O) groups excluding carboxylic acids is 3. The van der Waals surface area contributed by atoms with E-state index < -0.39 is 24.5 Å². The fourth-order valence-corrected chi connectivity index (χ4v) is 2.41. The van der Waals surface area contributed by atoms with Gasteiger partial charge in [-0.2, -0.15) is 0 Å². The maximum atomic E-state index is 12.1. The number of rotatable bonds is 7. The first-order chi connectivity index (χ1) is 12.4. The Balaban J connectivity index is 1.89. The Labute approximate surface area is 156 Å². The number of anilines is 1. The van der Waals surface area contributed by atoms with E-state index in [1.165, 1.54) is 6.92 Å². The summed E-state index contributed by atoms with van der Waals surface area (Å²) >= 11 is 5.86. The van der Waals surface area contributed by atoms with Crippen LogP contribution in [0.2, 0.25) is 5.02 Å². The summed E-state index contributed by atoms with van der Waals surface area (Å²) in [6.45, 7) is 0.961. The van der Waals surface area contributed by atoms with Crippen LogP contribution in [0.25, 0.3) is 0 Å². The molecule has 1 unspecified atom stereocenters. The normalized spacial score (nSPS) is 11.3. The predicted molar refractivity (Wildman–Crippen MR) is 98.7 cm³/mol. The number of hydrogen-bond donors (Lipinski definition) is 2. The summed E-state index contributed by atoms with van der Waals surface area (Å²) in [7, 11) is 0. The van der Waals surface area contributed by atoms with Crippen molar-refractivity contribution in [3.05, 3.63) is 65.2 Å². The number of esters is 1. The predicted octanol–water partition coefficient (Wildman–Crippen LogP) is 3.09. The second-order valence-corrected chi connectivity index (χ2v) is 6.02. The van der Waals surface area contributed by atoms with Gasteiger partial charge in [-0.25, -0.2) is 0 Å². The van der Waals surface area contributed by atoms with E-state index in [4.69, 9.17) is 16.3 Å². The fraction of sp³-hybridized carbons (Fsp3) is 0.211. The topological polar surface area (TPSA) is 84.5 Å². The first kappa shape index (κ1) is 19.5. The number of hydrogen-bond acceptors (Lipinski definition) is 4. The smallest absolute Gasteiger partial charge is 0.308 e. The molecule has 136 valence electrons. The summed E-state index contributed by atoms with van der Waals surface area (Å²) in [6.07, 6.45) is -0.0974. The van der Waals surface area contributed by atoms with E-state index >= 15 is 0 Å². The fourth-order valence-electron chi connectivity index (χ4n) is 2.28. The summed E-state index contributed by atoms with van der Waals surface area (Å²) in [5.74, 6) is -1.31. The van der Waals surface area contributed by atoms with Crippen molar-refractivity contribution >= 4 is 35.1 Å². The third kappa shape index (κ3) is 6.57. The summed E-state index contributed by atoms with van der Waals surface area (Å²) in [6, 6.07) is 15.1. The highest BCUT2D eigenvalue weighted by molar-refractivity contribution is 6.30. The summed E-state index contributed by atoms with van der Waals surface area (Å²) < 4.78 is 5.00. The highest BCUT2D eigenvalue weighted by Crippen LogP contribution is 2.20. The lowest BCUT2D eigenvalue weighted by Gasteiger charge is -2.17. The molecule has 2 aromatic rings. The molecule has 0 aromatic heterocycles. The van der Waals surface area contributed by atoms with Crippen molar-refractivity contribution in [2.24, 2.45) is 0 Å². The lowest BCUT2D eigenvalue weighted by Crippen LogP contribution is -2.29. The van der Waals surface area contributed by atoms with E-state index in [2.05, 4.69) is 10.6 Å². The van der Waals surface area contributed by atoms with E-state index in [9.17, 15) is 14.4 Å².